The van der Waals surface area contributed by atoms with Crippen LogP contribution in [0, 0.1) is 24.6 Å². The maximum atomic E-state index is 14.7. The number of benzene rings is 3. The van der Waals surface area contributed by atoms with Gasteiger partial charge < -0.3 is 9.88 Å². The molecule has 2 heterocycles. The van der Waals surface area contributed by atoms with Gasteiger partial charge in [0.05, 0.1) is 22.3 Å². The molecule has 0 spiro atoms. The Labute approximate surface area is 263 Å². The van der Waals surface area contributed by atoms with Gasteiger partial charge in [0.1, 0.15) is 11.6 Å². The molecule has 244 valence electrons. The highest BCUT2D eigenvalue weighted by Gasteiger charge is 2.44. The summed E-state index contributed by atoms with van der Waals surface area (Å²) in [5.41, 5.74) is 3.47. The topological polar surface area (TPSA) is 50.2 Å². The Kier molecular flexibility index (Phi) is 8.41. The van der Waals surface area contributed by atoms with E-state index < -0.39 is 35.3 Å². The van der Waals surface area contributed by atoms with E-state index in [-0.39, 0.29) is 49.5 Å². The number of halogens is 6. The van der Waals surface area contributed by atoms with Crippen LogP contribution in [-0.2, 0) is 18.0 Å². The van der Waals surface area contributed by atoms with Crippen molar-refractivity contribution in [3.8, 4) is 11.1 Å². The number of rotatable bonds is 5. The van der Waals surface area contributed by atoms with E-state index in [1.54, 1.807) is 0 Å². The number of nitrogens with zero attached hydrogens (tertiary/aromatic N) is 3. The molecule has 6 rings (SSSR count). The largest absolute Gasteiger partial charge is 0.416 e. The summed E-state index contributed by atoms with van der Waals surface area (Å²) in [5.74, 6) is -4.42. The van der Waals surface area contributed by atoms with Crippen molar-refractivity contribution >= 4 is 22.6 Å². The van der Waals surface area contributed by atoms with Crippen LogP contribution < -0.4 is 5.32 Å². The molecular weight excluding hydrogens is 606 g/mol. The average Bonchev–Trinajstić information content (AvgIpc) is 3.30. The van der Waals surface area contributed by atoms with Crippen molar-refractivity contribution in [2.24, 2.45) is 18.9 Å². The molecule has 11 heteroatoms. The molecule has 4 atom stereocenters. The lowest BCUT2D eigenvalue weighted by Crippen LogP contribution is -2.50. The Morgan fingerprint density at radius 3 is 2.28 bits per heavy atom. The normalized spacial score (nSPS) is 23.8. The number of fused-ring (bicyclic) bond motifs is 1. The second-order valence-corrected chi connectivity index (χ2v) is 12.8. The van der Waals surface area contributed by atoms with Crippen LogP contribution in [0.1, 0.15) is 55.5 Å². The van der Waals surface area contributed by atoms with Gasteiger partial charge in [-0.15, -0.1) is 0 Å². The predicted molar refractivity (Wildman–Crippen MR) is 165 cm³/mol. The maximum Gasteiger partial charge on any atom is 0.416 e. The van der Waals surface area contributed by atoms with Crippen molar-refractivity contribution < 1.29 is 31.1 Å². The number of hydrogen-bond donors (Lipinski definition) is 1. The predicted octanol–water partition coefficient (Wildman–Crippen LogP) is 8.57. The Bertz CT molecular complexity index is 1740. The number of alkyl halides is 5. The van der Waals surface area contributed by atoms with Crippen LogP contribution in [0.4, 0.5) is 32.0 Å². The highest BCUT2D eigenvalue weighted by Crippen LogP contribution is 2.45. The number of amides is 1. The molecule has 1 aromatic heterocycles. The van der Waals surface area contributed by atoms with Gasteiger partial charge in [-0.1, -0.05) is 37.3 Å². The zero-order valence-corrected chi connectivity index (χ0v) is 25.8. The minimum absolute atomic E-state index is 0.107. The molecule has 2 aliphatic rings. The number of carbonyl (C=O) groups excluding carboxylic acids is 1. The monoisotopic (exact) mass is 642 g/mol. The van der Waals surface area contributed by atoms with Gasteiger partial charge in [-0.2, -0.15) is 13.2 Å². The van der Waals surface area contributed by atoms with Crippen molar-refractivity contribution in [3.05, 3.63) is 83.4 Å². The van der Waals surface area contributed by atoms with E-state index >= 15 is 0 Å². The molecule has 4 aromatic rings. The van der Waals surface area contributed by atoms with E-state index in [2.05, 4.69) is 10.3 Å². The van der Waals surface area contributed by atoms with E-state index in [4.69, 9.17) is 0 Å². The highest BCUT2D eigenvalue weighted by molar-refractivity contribution is 5.93. The fourth-order valence-corrected chi connectivity index (χ4v) is 7.13. The van der Waals surface area contributed by atoms with Crippen LogP contribution in [0.5, 0.6) is 0 Å². The Hall–Kier alpha value is -3.86. The molecule has 46 heavy (non-hydrogen) atoms. The van der Waals surface area contributed by atoms with Gasteiger partial charge in [0.2, 0.25) is 5.91 Å². The Morgan fingerprint density at radius 1 is 0.957 bits per heavy atom. The summed E-state index contributed by atoms with van der Waals surface area (Å²) in [7, 11) is 1.97. The van der Waals surface area contributed by atoms with E-state index in [1.165, 1.54) is 0 Å². The summed E-state index contributed by atoms with van der Waals surface area (Å²) in [5, 5.41) is 2.52. The Balaban J connectivity index is 1.26. The standard InChI is InChI=1S/C35H36F6N4O/c1-20-27(23-6-4-22(5-7-23)24-8-11-32-31(16-24)42-21(2)44(32)3)18-26(45-14-12-34(37,38)13-15-45)19-28(20)33(46)43-30-10-9-25(17-29(30)36)35(39,40)41/h4-11,16-17,20,26-28H,12-15,18-19H2,1-3H3,(H,43,46)/t20-,26?,27?,28?/m1/s1. The lowest BCUT2D eigenvalue weighted by molar-refractivity contribution is -0.137. The number of imidazole rings is 1. The second-order valence-electron chi connectivity index (χ2n) is 12.8. The van der Waals surface area contributed by atoms with Gasteiger partial charge in [-0.25, -0.2) is 18.2 Å². The van der Waals surface area contributed by atoms with E-state index in [0.29, 0.717) is 18.9 Å². The smallest absolute Gasteiger partial charge is 0.331 e. The minimum atomic E-state index is -4.72. The summed E-state index contributed by atoms with van der Waals surface area (Å²) in [6.07, 6.45) is -4.20. The Morgan fingerprint density at radius 2 is 1.63 bits per heavy atom. The average molecular weight is 643 g/mol. The number of nitrogens with one attached hydrogen (secondary N) is 1. The van der Waals surface area contributed by atoms with Crippen molar-refractivity contribution in [1.82, 2.24) is 14.5 Å². The first kappa shape index (κ1) is 32.1. The van der Waals surface area contributed by atoms with Gasteiger partial charge in [0, 0.05) is 44.9 Å². The third-order valence-corrected chi connectivity index (χ3v) is 10.0. The lowest BCUT2D eigenvalue weighted by Gasteiger charge is -2.46. The molecule has 3 aromatic carbocycles. The van der Waals surface area contributed by atoms with Crippen molar-refractivity contribution in [2.75, 3.05) is 18.4 Å². The van der Waals surface area contributed by atoms with Gasteiger partial charge in [-0.05, 0) is 78.6 Å². The first-order valence-electron chi connectivity index (χ1n) is 15.5. The molecular formula is C35H36F6N4O. The number of anilines is 1. The zero-order valence-electron chi connectivity index (χ0n) is 25.8. The summed E-state index contributed by atoms with van der Waals surface area (Å²) in [6.45, 7) is 4.31. The second kappa shape index (κ2) is 12.1. The molecule has 1 N–H and O–H groups in total. The molecule has 3 unspecified atom stereocenters. The van der Waals surface area contributed by atoms with Gasteiger partial charge in [0.25, 0.3) is 5.92 Å². The molecule has 1 amide bonds. The third kappa shape index (κ3) is 6.38. The highest BCUT2D eigenvalue weighted by atomic mass is 19.4. The third-order valence-electron chi connectivity index (χ3n) is 10.0. The van der Waals surface area contributed by atoms with E-state index in [1.807, 2.05) is 72.8 Å². The van der Waals surface area contributed by atoms with E-state index in [0.717, 1.165) is 45.7 Å². The van der Waals surface area contributed by atoms with Gasteiger partial charge in [0.15, 0.2) is 0 Å². The number of carbonyl (C=O) groups is 1. The van der Waals surface area contributed by atoms with Crippen molar-refractivity contribution in [3.63, 3.8) is 0 Å². The van der Waals surface area contributed by atoms with Crippen molar-refractivity contribution in [1.29, 1.82) is 0 Å². The van der Waals surface area contributed by atoms with Crippen LogP contribution in [0.25, 0.3) is 22.2 Å². The fourth-order valence-electron chi connectivity index (χ4n) is 7.13. The molecule has 2 fully saturated rings. The SMILES string of the molecule is Cc1nc2cc(-c3ccc(C4CC(N5CCC(F)(F)CC5)CC(C(=O)Nc5ccc(C(F)(F)F)cc5F)[C@@H]4C)cc3)ccc2n1C. The van der Waals surface area contributed by atoms with Gasteiger partial charge >= 0.3 is 6.18 Å². The first-order chi connectivity index (χ1) is 21.7. The fraction of sp³-hybridized carbons (Fsp3) is 0.429. The molecule has 1 aliphatic heterocycles. The molecule has 1 aliphatic carbocycles. The summed E-state index contributed by atoms with van der Waals surface area (Å²) in [4.78, 5) is 20.3. The number of piperidine rings is 1. The van der Waals surface area contributed by atoms with Crippen LogP contribution in [-0.4, -0.2) is 45.4 Å². The number of aryl methyl sites for hydroxylation is 2. The van der Waals surface area contributed by atoms with Gasteiger partial charge in [-0.3, -0.25) is 9.69 Å². The summed E-state index contributed by atoms with van der Waals surface area (Å²) < 4.78 is 83.9. The zero-order chi connectivity index (χ0) is 33.0. The number of aromatic nitrogens is 2. The number of likely N-dealkylation sites (tertiary alicyclic amines) is 1. The van der Waals surface area contributed by atoms with Crippen LogP contribution >= 0.6 is 0 Å². The minimum Gasteiger partial charge on any atom is -0.331 e. The molecule has 5 nitrogen and oxygen atoms in total. The molecule has 0 bridgehead atoms. The molecule has 1 saturated carbocycles. The van der Waals surface area contributed by atoms with Crippen molar-refractivity contribution in [2.45, 2.75) is 63.6 Å². The molecule has 1 saturated heterocycles. The summed E-state index contributed by atoms with van der Waals surface area (Å²) in [6, 6.07) is 16.1. The lowest BCUT2D eigenvalue weighted by atomic mass is 9.67. The van der Waals surface area contributed by atoms with E-state index in [9.17, 15) is 31.1 Å². The number of hydrogen-bond acceptors (Lipinski definition) is 3. The quantitative estimate of drug-likeness (QED) is 0.222. The van der Waals surface area contributed by atoms with Crippen LogP contribution in [0.3, 0.4) is 0 Å². The first-order valence-corrected chi connectivity index (χ1v) is 15.5. The van der Waals surface area contributed by atoms with Crippen LogP contribution in [0.15, 0.2) is 60.7 Å². The maximum absolute atomic E-state index is 14.7. The van der Waals surface area contributed by atoms with Crippen LogP contribution in [0.2, 0.25) is 0 Å². The molecule has 0 radical (unpaired) electrons. The summed E-state index contributed by atoms with van der Waals surface area (Å²) >= 11 is 0.